The van der Waals surface area contributed by atoms with Gasteiger partial charge in [0.2, 0.25) is 5.91 Å². The fraction of sp³-hybridized carbons (Fsp3) is 0.562. The van der Waals surface area contributed by atoms with E-state index in [1.54, 1.807) is 0 Å². The standard InChI is InChI=1S/C16H23ClN2O3/c17-14-3-1-2-13(10-14)4-5-16(21)18-11-15(20)12-19-6-8-22-9-7-19/h1-3,10,15,20H,4-9,11-12H2,(H,18,21). The van der Waals surface area contributed by atoms with Crippen molar-refractivity contribution in [2.24, 2.45) is 0 Å². The third-order valence-corrected chi connectivity index (χ3v) is 3.87. The molecule has 1 amide bonds. The molecule has 0 aliphatic carbocycles. The summed E-state index contributed by atoms with van der Waals surface area (Å²) in [5, 5.41) is 13.4. The van der Waals surface area contributed by atoms with Crippen molar-refractivity contribution in [2.75, 3.05) is 39.4 Å². The maximum absolute atomic E-state index is 11.8. The van der Waals surface area contributed by atoms with E-state index in [0.717, 1.165) is 18.7 Å². The van der Waals surface area contributed by atoms with Crippen LogP contribution in [-0.4, -0.2) is 61.4 Å². The van der Waals surface area contributed by atoms with Crippen molar-refractivity contribution in [2.45, 2.75) is 18.9 Å². The molecule has 1 fully saturated rings. The molecule has 1 aliphatic rings. The number of morpholine rings is 1. The van der Waals surface area contributed by atoms with Gasteiger partial charge in [0, 0.05) is 37.6 Å². The fourth-order valence-electron chi connectivity index (χ4n) is 2.42. The number of β-amino-alcohol motifs (C(OH)–C–C–N with tert-alkyl or cyclic N) is 1. The number of hydrogen-bond donors (Lipinski definition) is 2. The van der Waals surface area contributed by atoms with Crippen LogP contribution in [0.3, 0.4) is 0 Å². The summed E-state index contributed by atoms with van der Waals surface area (Å²) in [6.45, 7) is 3.93. The number of amides is 1. The number of rotatable bonds is 7. The lowest BCUT2D eigenvalue weighted by Crippen LogP contribution is -2.44. The van der Waals surface area contributed by atoms with Crippen LogP contribution in [0, 0.1) is 0 Å². The highest BCUT2D eigenvalue weighted by Gasteiger charge is 2.15. The molecule has 0 aromatic heterocycles. The molecular weight excluding hydrogens is 304 g/mol. The van der Waals surface area contributed by atoms with Crippen molar-refractivity contribution < 1.29 is 14.6 Å². The highest BCUT2D eigenvalue weighted by atomic mass is 35.5. The Morgan fingerprint density at radius 1 is 1.41 bits per heavy atom. The second-order valence-electron chi connectivity index (χ2n) is 5.50. The van der Waals surface area contributed by atoms with E-state index in [-0.39, 0.29) is 12.5 Å². The van der Waals surface area contributed by atoms with Crippen molar-refractivity contribution >= 4 is 17.5 Å². The van der Waals surface area contributed by atoms with Crippen molar-refractivity contribution in [3.05, 3.63) is 34.9 Å². The highest BCUT2D eigenvalue weighted by Crippen LogP contribution is 2.12. The lowest BCUT2D eigenvalue weighted by atomic mass is 10.1. The smallest absolute Gasteiger partial charge is 0.220 e. The zero-order valence-electron chi connectivity index (χ0n) is 12.6. The topological polar surface area (TPSA) is 61.8 Å². The maximum Gasteiger partial charge on any atom is 0.220 e. The van der Waals surface area contributed by atoms with E-state index >= 15 is 0 Å². The molecular formula is C16H23ClN2O3. The Kier molecular flexibility index (Phi) is 7.12. The van der Waals surface area contributed by atoms with Gasteiger partial charge in [0.25, 0.3) is 0 Å². The molecule has 1 unspecified atom stereocenters. The predicted octanol–water partition coefficient (Wildman–Crippen LogP) is 1.08. The number of ether oxygens (including phenoxy) is 1. The fourth-order valence-corrected chi connectivity index (χ4v) is 2.63. The third-order valence-electron chi connectivity index (χ3n) is 3.64. The molecule has 6 heteroatoms. The van der Waals surface area contributed by atoms with Gasteiger partial charge in [-0.05, 0) is 24.1 Å². The number of halogens is 1. The van der Waals surface area contributed by atoms with E-state index in [9.17, 15) is 9.90 Å². The minimum Gasteiger partial charge on any atom is -0.390 e. The average molecular weight is 327 g/mol. The largest absolute Gasteiger partial charge is 0.390 e. The van der Waals surface area contributed by atoms with Gasteiger partial charge in [0.1, 0.15) is 0 Å². The summed E-state index contributed by atoms with van der Waals surface area (Å²) >= 11 is 5.91. The molecule has 1 heterocycles. The molecule has 0 radical (unpaired) electrons. The summed E-state index contributed by atoms with van der Waals surface area (Å²) < 4.78 is 5.26. The second-order valence-corrected chi connectivity index (χ2v) is 5.94. The van der Waals surface area contributed by atoms with E-state index < -0.39 is 6.10 Å². The van der Waals surface area contributed by atoms with Gasteiger partial charge in [-0.3, -0.25) is 9.69 Å². The van der Waals surface area contributed by atoms with Crippen molar-refractivity contribution in [1.29, 1.82) is 0 Å². The molecule has 5 nitrogen and oxygen atoms in total. The van der Waals surface area contributed by atoms with Crippen molar-refractivity contribution in [3.63, 3.8) is 0 Å². The first-order chi connectivity index (χ1) is 10.6. The number of aliphatic hydroxyl groups is 1. The molecule has 122 valence electrons. The zero-order chi connectivity index (χ0) is 15.8. The Morgan fingerprint density at radius 3 is 2.91 bits per heavy atom. The summed E-state index contributed by atoms with van der Waals surface area (Å²) in [6, 6.07) is 7.50. The van der Waals surface area contributed by atoms with Gasteiger partial charge in [-0.15, -0.1) is 0 Å². The molecule has 0 saturated carbocycles. The Bertz CT molecular complexity index is 478. The normalized spacial score (nSPS) is 17.2. The number of carbonyl (C=O) groups excluding carboxylic acids is 1. The number of carbonyl (C=O) groups is 1. The number of nitrogens with zero attached hydrogens (tertiary/aromatic N) is 1. The molecule has 0 bridgehead atoms. The first kappa shape index (κ1) is 17.2. The molecule has 1 aliphatic heterocycles. The second kappa shape index (κ2) is 9.10. The van der Waals surface area contributed by atoms with Crippen LogP contribution in [-0.2, 0) is 16.0 Å². The number of nitrogens with one attached hydrogen (secondary N) is 1. The van der Waals surface area contributed by atoms with Crippen LogP contribution < -0.4 is 5.32 Å². The Morgan fingerprint density at radius 2 is 2.18 bits per heavy atom. The van der Waals surface area contributed by atoms with Crippen LogP contribution in [0.2, 0.25) is 5.02 Å². The summed E-state index contributed by atoms with van der Waals surface area (Å²) in [6.07, 6.45) is 0.490. The number of hydrogen-bond acceptors (Lipinski definition) is 4. The minimum absolute atomic E-state index is 0.0546. The predicted molar refractivity (Wildman–Crippen MR) is 86.0 cm³/mol. The van der Waals surface area contributed by atoms with Crippen LogP contribution in [0.1, 0.15) is 12.0 Å². The molecule has 1 saturated heterocycles. The minimum atomic E-state index is -0.548. The lowest BCUT2D eigenvalue weighted by Gasteiger charge is -2.28. The summed E-state index contributed by atoms with van der Waals surface area (Å²) in [5.41, 5.74) is 1.04. The van der Waals surface area contributed by atoms with Gasteiger partial charge in [-0.1, -0.05) is 23.7 Å². The Balaban J connectivity index is 1.62. The van der Waals surface area contributed by atoms with E-state index in [4.69, 9.17) is 16.3 Å². The number of aryl methyl sites for hydroxylation is 1. The maximum atomic E-state index is 11.8. The molecule has 2 rings (SSSR count). The molecule has 1 aromatic carbocycles. The summed E-state index contributed by atoms with van der Waals surface area (Å²) in [7, 11) is 0. The van der Waals surface area contributed by atoms with E-state index in [0.29, 0.717) is 37.6 Å². The molecule has 22 heavy (non-hydrogen) atoms. The Labute approximate surface area is 136 Å². The number of aliphatic hydroxyl groups excluding tert-OH is 1. The van der Waals surface area contributed by atoms with Gasteiger partial charge < -0.3 is 15.2 Å². The molecule has 1 aromatic rings. The monoisotopic (exact) mass is 326 g/mol. The van der Waals surface area contributed by atoms with Crippen molar-refractivity contribution in [1.82, 2.24) is 10.2 Å². The first-order valence-corrected chi connectivity index (χ1v) is 8.00. The van der Waals surface area contributed by atoms with Crippen LogP contribution in [0.25, 0.3) is 0 Å². The van der Waals surface area contributed by atoms with Crippen LogP contribution in [0.15, 0.2) is 24.3 Å². The van der Waals surface area contributed by atoms with Gasteiger partial charge in [-0.2, -0.15) is 0 Å². The SMILES string of the molecule is O=C(CCc1cccc(Cl)c1)NCC(O)CN1CCOCC1. The number of benzene rings is 1. The lowest BCUT2D eigenvalue weighted by molar-refractivity contribution is -0.121. The van der Waals surface area contributed by atoms with E-state index in [2.05, 4.69) is 10.2 Å². The van der Waals surface area contributed by atoms with E-state index in [1.165, 1.54) is 0 Å². The molecule has 0 spiro atoms. The third kappa shape index (κ3) is 6.32. The Hall–Kier alpha value is -1.14. The van der Waals surface area contributed by atoms with Gasteiger partial charge in [0.15, 0.2) is 0 Å². The van der Waals surface area contributed by atoms with Crippen LogP contribution in [0.4, 0.5) is 0 Å². The quantitative estimate of drug-likeness (QED) is 0.787. The van der Waals surface area contributed by atoms with Gasteiger partial charge in [-0.25, -0.2) is 0 Å². The molecule has 2 N–H and O–H groups in total. The summed E-state index contributed by atoms with van der Waals surface area (Å²) in [4.78, 5) is 14.0. The van der Waals surface area contributed by atoms with Gasteiger partial charge >= 0.3 is 0 Å². The van der Waals surface area contributed by atoms with Crippen LogP contribution in [0.5, 0.6) is 0 Å². The summed E-state index contributed by atoms with van der Waals surface area (Å²) in [5.74, 6) is -0.0546. The first-order valence-electron chi connectivity index (χ1n) is 7.63. The van der Waals surface area contributed by atoms with E-state index in [1.807, 2.05) is 24.3 Å². The van der Waals surface area contributed by atoms with Crippen molar-refractivity contribution in [3.8, 4) is 0 Å². The zero-order valence-corrected chi connectivity index (χ0v) is 13.4. The van der Waals surface area contributed by atoms with Gasteiger partial charge in [0.05, 0.1) is 19.3 Å². The van der Waals surface area contributed by atoms with Crippen LogP contribution >= 0.6 is 11.6 Å². The average Bonchev–Trinajstić information content (AvgIpc) is 2.52. The molecule has 1 atom stereocenters. The highest BCUT2D eigenvalue weighted by molar-refractivity contribution is 6.30.